The molecule has 1 saturated carbocycles. The zero-order valence-electron chi connectivity index (χ0n) is 16.9. The smallest absolute Gasteiger partial charge is 0.130 e. The molecule has 0 amide bonds. The molecule has 27 heavy (non-hydrogen) atoms. The molecule has 0 radical (unpaired) electrons. The van der Waals surface area contributed by atoms with Gasteiger partial charge in [-0.3, -0.25) is 15.0 Å². The van der Waals surface area contributed by atoms with E-state index in [0.29, 0.717) is 0 Å². The Kier molecular flexibility index (Phi) is 6.64. The summed E-state index contributed by atoms with van der Waals surface area (Å²) in [4.78, 5) is 0. The van der Waals surface area contributed by atoms with E-state index in [0.717, 1.165) is 64.2 Å². The van der Waals surface area contributed by atoms with Gasteiger partial charge in [0.1, 0.15) is 5.71 Å². The highest BCUT2D eigenvalue weighted by Gasteiger charge is 2.26. The molecule has 1 aliphatic carbocycles. The summed E-state index contributed by atoms with van der Waals surface area (Å²) in [6.07, 6.45) is 14.9. The predicted octanol–water partition coefficient (Wildman–Crippen LogP) is 3.70. The molecule has 0 unspecified atom stereocenters. The molecular weight excluding hydrogens is 336 g/mol. The molecule has 4 fully saturated rings. The first-order chi connectivity index (χ1) is 13.4. The lowest BCUT2D eigenvalue weighted by molar-refractivity contribution is 0.235. The summed E-state index contributed by atoms with van der Waals surface area (Å²) in [5.41, 5.74) is 3.47. The average Bonchev–Trinajstić information content (AvgIpc) is 2.73. The van der Waals surface area contributed by atoms with Crippen molar-refractivity contribution in [2.24, 2.45) is 15.3 Å². The van der Waals surface area contributed by atoms with Crippen molar-refractivity contribution in [3.63, 3.8) is 0 Å². The van der Waals surface area contributed by atoms with Crippen LogP contribution in [0.4, 0.5) is 0 Å². The van der Waals surface area contributed by atoms with E-state index in [9.17, 15) is 0 Å². The highest BCUT2D eigenvalue weighted by atomic mass is 15.5. The van der Waals surface area contributed by atoms with Crippen molar-refractivity contribution in [2.75, 3.05) is 39.3 Å². The number of rotatable bonds is 3. The van der Waals surface area contributed by atoms with E-state index < -0.39 is 0 Å². The van der Waals surface area contributed by atoms with Crippen molar-refractivity contribution in [1.29, 1.82) is 0 Å². The minimum absolute atomic E-state index is 1.04. The standard InChI is InChI=1S/C21H36N6/c1-4-13-25(14-5-1)22-19-11-10-12-20(23-26-15-6-2-7-16-26)21(19)24-27-17-8-3-9-18-27/h1-18H2/b22-19-,23-20+,24-21-. The molecule has 4 aliphatic rings. The summed E-state index contributed by atoms with van der Waals surface area (Å²) < 4.78 is 0. The van der Waals surface area contributed by atoms with E-state index in [1.807, 2.05) is 0 Å². The van der Waals surface area contributed by atoms with Crippen molar-refractivity contribution >= 4 is 17.1 Å². The van der Waals surface area contributed by atoms with Crippen molar-refractivity contribution < 1.29 is 0 Å². The lowest BCUT2D eigenvalue weighted by atomic mass is 9.94. The molecule has 3 saturated heterocycles. The van der Waals surface area contributed by atoms with Crippen molar-refractivity contribution in [3.8, 4) is 0 Å². The van der Waals surface area contributed by atoms with Crippen LogP contribution in [-0.2, 0) is 0 Å². The normalized spacial score (nSPS) is 29.8. The van der Waals surface area contributed by atoms with Crippen LogP contribution < -0.4 is 0 Å². The third kappa shape index (κ3) is 5.23. The van der Waals surface area contributed by atoms with E-state index in [-0.39, 0.29) is 0 Å². The molecule has 0 bridgehead atoms. The molecular formula is C21H36N6. The average molecular weight is 373 g/mol. The maximum absolute atomic E-state index is 5.12. The van der Waals surface area contributed by atoms with Crippen LogP contribution in [0.5, 0.6) is 0 Å². The lowest BCUT2D eigenvalue weighted by Gasteiger charge is -2.30. The first kappa shape index (κ1) is 18.8. The topological polar surface area (TPSA) is 46.8 Å². The Balaban J connectivity index is 1.59. The van der Waals surface area contributed by atoms with Gasteiger partial charge in [0.2, 0.25) is 0 Å². The zero-order valence-corrected chi connectivity index (χ0v) is 16.9. The summed E-state index contributed by atoms with van der Waals surface area (Å²) in [6.45, 7) is 6.55. The van der Waals surface area contributed by atoms with Gasteiger partial charge in [-0.05, 0) is 77.0 Å². The molecule has 4 rings (SSSR count). The number of hydrogen-bond donors (Lipinski definition) is 0. The predicted molar refractivity (Wildman–Crippen MR) is 112 cm³/mol. The van der Waals surface area contributed by atoms with Crippen LogP contribution in [0.2, 0.25) is 0 Å². The number of hydrogen-bond acceptors (Lipinski definition) is 6. The highest BCUT2D eigenvalue weighted by molar-refractivity contribution is 6.69. The van der Waals surface area contributed by atoms with Gasteiger partial charge in [-0.25, -0.2) is 0 Å². The van der Waals surface area contributed by atoms with Crippen LogP contribution in [0, 0.1) is 0 Å². The molecule has 6 nitrogen and oxygen atoms in total. The Labute approximate surface area is 164 Å². The molecule has 6 heteroatoms. The van der Waals surface area contributed by atoms with Crippen LogP contribution in [-0.4, -0.2) is 71.4 Å². The fourth-order valence-electron chi connectivity index (χ4n) is 4.55. The van der Waals surface area contributed by atoms with Gasteiger partial charge in [0.25, 0.3) is 0 Å². The summed E-state index contributed by atoms with van der Waals surface area (Å²) in [7, 11) is 0. The zero-order chi connectivity index (χ0) is 18.3. The maximum Gasteiger partial charge on any atom is 0.130 e. The minimum atomic E-state index is 1.04. The maximum atomic E-state index is 5.12. The Morgan fingerprint density at radius 1 is 0.407 bits per heavy atom. The van der Waals surface area contributed by atoms with Gasteiger partial charge in [0, 0.05) is 39.3 Å². The van der Waals surface area contributed by atoms with Crippen LogP contribution in [0.3, 0.4) is 0 Å². The largest absolute Gasteiger partial charge is 0.297 e. The van der Waals surface area contributed by atoms with Gasteiger partial charge in [-0.2, -0.15) is 15.3 Å². The molecule has 0 spiro atoms. The quantitative estimate of drug-likeness (QED) is 0.759. The molecule has 0 N–H and O–H groups in total. The Morgan fingerprint density at radius 2 is 0.778 bits per heavy atom. The second kappa shape index (κ2) is 9.56. The Hall–Kier alpha value is -1.59. The van der Waals surface area contributed by atoms with Gasteiger partial charge < -0.3 is 0 Å². The van der Waals surface area contributed by atoms with Gasteiger partial charge in [-0.15, -0.1) is 0 Å². The van der Waals surface area contributed by atoms with Gasteiger partial charge >= 0.3 is 0 Å². The number of piperidine rings is 3. The Morgan fingerprint density at radius 3 is 1.19 bits per heavy atom. The third-order valence-electron chi connectivity index (χ3n) is 6.14. The lowest BCUT2D eigenvalue weighted by Crippen LogP contribution is -2.38. The fourth-order valence-corrected chi connectivity index (χ4v) is 4.55. The van der Waals surface area contributed by atoms with Crippen molar-refractivity contribution in [3.05, 3.63) is 0 Å². The number of nitrogens with zero attached hydrogens (tertiary/aromatic N) is 6. The molecule has 0 atom stereocenters. The summed E-state index contributed by atoms with van der Waals surface area (Å²) in [5, 5.41) is 22.1. The van der Waals surface area contributed by atoms with Crippen molar-refractivity contribution in [1.82, 2.24) is 15.0 Å². The fraction of sp³-hybridized carbons (Fsp3) is 0.857. The minimum Gasteiger partial charge on any atom is -0.297 e. The summed E-state index contributed by atoms with van der Waals surface area (Å²) >= 11 is 0. The van der Waals surface area contributed by atoms with Gasteiger partial charge in [-0.1, -0.05) is 0 Å². The summed E-state index contributed by atoms with van der Waals surface area (Å²) in [6, 6.07) is 0. The molecule has 0 aromatic rings. The Bertz CT molecular complexity index is 525. The highest BCUT2D eigenvalue weighted by Crippen LogP contribution is 2.19. The SMILES string of the molecule is C1CCN(/N=C2/CCCC(=N\N3CCCCC3)/C2=N\N2CCCCC2)CC1. The van der Waals surface area contributed by atoms with Crippen LogP contribution in [0.25, 0.3) is 0 Å². The molecule has 3 heterocycles. The summed E-state index contributed by atoms with van der Waals surface area (Å²) in [5.74, 6) is 0. The molecule has 150 valence electrons. The van der Waals surface area contributed by atoms with E-state index >= 15 is 0 Å². The van der Waals surface area contributed by atoms with E-state index in [4.69, 9.17) is 15.3 Å². The van der Waals surface area contributed by atoms with Crippen LogP contribution >= 0.6 is 0 Å². The second-order valence-electron chi connectivity index (χ2n) is 8.44. The van der Waals surface area contributed by atoms with E-state index in [1.54, 1.807) is 0 Å². The van der Waals surface area contributed by atoms with E-state index in [2.05, 4.69) is 15.0 Å². The van der Waals surface area contributed by atoms with Crippen LogP contribution in [0.15, 0.2) is 15.3 Å². The van der Waals surface area contributed by atoms with E-state index in [1.165, 1.54) is 69.2 Å². The number of hydrazone groups is 3. The van der Waals surface area contributed by atoms with Crippen molar-refractivity contribution in [2.45, 2.75) is 77.0 Å². The van der Waals surface area contributed by atoms with Gasteiger partial charge in [0.05, 0.1) is 11.4 Å². The molecule has 0 aromatic heterocycles. The monoisotopic (exact) mass is 372 g/mol. The van der Waals surface area contributed by atoms with Gasteiger partial charge in [0.15, 0.2) is 0 Å². The first-order valence-electron chi connectivity index (χ1n) is 11.4. The molecule has 0 aromatic carbocycles. The molecule has 3 aliphatic heterocycles. The third-order valence-corrected chi connectivity index (χ3v) is 6.14. The van der Waals surface area contributed by atoms with Crippen LogP contribution in [0.1, 0.15) is 77.0 Å². The second-order valence-corrected chi connectivity index (χ2v) is 8.44. The first-order valence-corrected chi connectivity index (χ1v) is 11.4.